The summed E-state index contributed by atoms with van der Waals surface area (Å²) in [6, 6.07) is 5.73. The van der Waals surface area contributed by atoms with Crippen molar-refractivity contribution in [3.8, 4) is 0 Å². The van der Waals surface area contributed by atoms with Crippen LogP contribution in [0.4, 0.5) is 0 Å². The number of benzene rings is 1. The van der Waals surface area contributed by atoms with E-state index in [0.29, 0.717) is 15.3 Å². The second-order valence-corrected chi connectivity index (χ2v) is 6.57. The zero-order valence-electron chi connectivity index (χ0n) is 10.2. The van der Waals surface area contributed by atoms with Crippen LogP contribution in [0.5, 0.6) is 0 Å². The molecular weight excluding hydrogens is 273 g/mol. The smallest absolute Gasteiger partial charge is 0.0453 e. The van der Waals surface area contributed by atoms with Gasteiger partial charge in [0.1, 0.15) is 0 Å². The molecule has 96 valence electrons. The van der Waals surface area contributed by atoms with Gasteiger partial charge in [0, 0.05) is 27.1 Å². The van der Waals surface area contributed by atoms with Crippen LogP contribution in [0.2, 0.25) is 10.0 Å². The molecule has 2 unspecified atom stereocenters. The van der Waals surface area contributed by atoms with E-state index in [-0.39, 0.29) is 6.04 Å². The van der Waals surface area contributed by atoms with Crippen LogP contribution in [0.15, 0.2) is 18.2 Å². The van der Waals surface area contributed by atoms with Crippen LogP contribution in [0, 0.1) is 0 Å². The van der Waals surface area contributed by atoms with E-state index in [1.165, 1.54) is 6.42 Å². The molecule has 0 spiro atoms. The van der Waals surface area contributed by atoms with Gasteiger partial charge in [0.25, 0.3) is 0 Å². The second kappa shape index (κ2) is 7.52. The lowest BCUT2D eigenvalue weighted by atomic mass is 10.1. The number of hydrogen-bond acceptors (Lipinski definition) is 2. The van der Waals surface area contributed by atoms with Crippen LogP contribution in [-0.4, -0.2) is 17.0 Å². The average molecular weight is 292 g/mol. The maximum atomic E-state index is 6.12. The summed E-state index contributed by atoms with van der Waals surface area (Å²) in [5, 5.41) is 2.05. The molecule has 2 atom stereocenters. The topological polar surface area (TPSA) is 26.0 Å². The molecule has 1 aromatic carbocycles. The lowest BCUT2D eigenvalue weighted by Crippen LogP contribution is -2.26. The Balaban J connectivity index is 2.47. The molecule has 4 heteroatoms. The highest BCUT2D eigenvalue weighted by Gasteiger charge is 2.09. The molecule has 0 aliphatic carbocycles. The predicted octanol–water partition coefficient (Wildman–Crippen LogP) is 4.39. The van der Waals surface area contributed by atoms with Crippen molar-refractivity contribution in [2.24, 2.45) is 5.73 Å². The minimum atomic E-state index is 0.146. The van der Waals surface area contributed by atoms with Crippen LogP contribution in [0.1, 0.15) is 25.8 Å². The van der Waals surface area contributed by atoms with Gasteiger partial charge in [-0.1, -0.05) is 43.1 Å². The van der Waals surface area contributed by atoms with Crippen LogP contribution in [0.25, 0.3) is 0 Å². The van der Waals surface area contributed by atoms with Gasteiger partial charge in [0.05, 0.1) is 0 Å². The van der Waals surface area contributed by atoms with E-state index in [4.69, 9.17) is 28.9 Å². The summed E-state index contributed by atoms with van der Waals surface area (Å²) in [6.07, 6.45) is 1.98. The maximum absolute atomic E-state index is 6.12. The lowest BCUT2D eigenvalue weighted by Gasteiger charge is -2.15. The molecule has 0 amide bonds. The van der Waals surface area contributed by atoms with Gasteiger partial charge in [-0.15, -0.1) is 0 Å². The van der Waals surface area contributed by atoms with Crippen LogP contribution in [-0.2, 0) is 6.42 Å². The van der Waals surface area contributed by atoms with Gasteiger partial charge < -0.3 is 5.73 Å². The van der Waals surface area contributed by atoms with Crippen molar-refractivity contribution in [3.63, 3.8) is 0 Å². The van der Waals surface area contributed by atoms with Gasteiger partial charge in [-0.25, -0.2) is 0 Å². The van der Waals surface area contributed by atoms with Crippen molar-refractivity contribution in [1.29, 1.82) is 0 Å². The molecule has 2 N–H and O–H groups in total. The predicted molar refractivity (Wildman–Crippen MR) is 80.4 cm³/mol. The first-order chi connectivity index (χ1) is 8.02. The highest BCUT2D eigenvalue weighted by molar-refractivity contribution is 7.99. The number of thioether (sulfide) groups is 1. The van der Waals surface area contributed by atoms with E-state index < -0.39 is 0 Å². The molecule has 0 bridgehead atoms. The first-order valence-electron chi connectivity index (χ1n) is 5.84. The highest BCUT2D eigenvalue weighted by Crippen LogP contribution is 2.23. The van der Waals surface area contributed by atoms with E-state index in [1.807, 2.05) is 23.9 Å². The zero-order chi connectivity index (χ0) is 12.8. The zero-order valence-corrected chi connectivity index (χ0v) is 12.6. The van der Waals surface area contributed by atoms with Crippen molar-refractivity contribution < 1.29 is 0 Å². The van der Waals surface area contributed by atoms with Crippen molar-refractivity contribution in [1.82, 2.24) is 0 Å². The summed E-state index contributed by atoms with van der Waals surface area (Å²) in [5.41, 5.74) is 7.18. The van der Waals surface area contributed by atoms with E-state index in [0.717, 1.165) is 17.7 Å². The largest absolute Gasteiger partial charge is 0.327 e. The molecule has 0 aliphatic rings. The van der Waals surface area contributed by atoms with E-state index in [1.54, 1.807) is 6.07 Å². The molecular formula is C13H19Cl2NS. The van der Waals surface area contributed by atoms with Crippen LogP contribution >= 0.6 is 35.0 Å². The Morgan fingerprint density at radius 1 is 1.35 bits per heavy atom. The molecule has 0 aromatic heterocycles. The Morgan fingerprint density at radius 3 is 2.65 bits per heavy atom. The first-order valence-corrected chi connectivity index (χ1v) is 7.64. The number of nitrogens with two attached hydrogens (primary N) is 1. The summed E-state index contributed by atoms with van der Waals surface area (Å²) >= 11 is 13.9. The normalized spacial score (nSPS) is 14.6. The summed E-state index contributed by atoms with van der Waals surface area (Å²) in [5.74, 6) is 0.966. The Hall–Kier alpha value is 0.110. The average Bonchev–Trinajstić information content (AvgIpc) is 2.29. The van der Waals surface area contributed by atoms with Crippen LogP contribution in [0.3, 0.4) is 0 Å². The summed E-state index contributed by atoms with van der Waals surface area (Å²) < 4.78 is 0. The molecule has 17 heavy (non-hydrogen) atoms. The van der Waals surface area contributed by atoms with E-state index in [9.17, 15) is 0 Å². The molecule has 0 heterocycles. The fraction of sp³-hybridized carbons (Fsp3) is 0.538. The number of hydrogen-bond donors (Lipinski definition) is 1. The Morgan fingerprint density at radius 2 is 2.06 bits per heavy atom. The lowest BCUT2D eigenvalue weighted by molar-refractivity contribution is 0.745. The molecule has 0 fully saturated rings. The Kier molecular flexibility index (Phi) is 6.71. The fourth-order valence-electron chi connectivity index (χ4n) is 1.43. The van der Waals surface area contributed by atoms with Gasteiger partial charge in [-0.3, -0.25) is 0 Å². The van der Waals surface area contributed by atoms with Gasteiger partial charge in [-0.2, -0.15) is 11.8 Å². The third kappa shape index (κ3) is 5.52. The van der Waals surface area contributed by atoms with Crippen molar-refractivity contribution >= 4 is 35.0 Å². The molecule has 1 aromatic rings. The summed E-state index contributed by atoms with van der Waals surface area (Å²) in [7, 11) is 0. The van der Waals surface area contributed by atoms with Crippen molar-refractivity contribution in [2.45, 2.75) is 38.0 Å². The van der Waals surface area contributed by atoms with Crippen molar-refractivity contribution in [3.05, 3.63) is 33.8 Å². The minimum Gasteiger partial charge on any atom is -0.327 e. The number of rotatable bonds is 6. The number of halogens is 2. The molecule has 0 saturated heterocycles. The molecule has 1 rings (SSSR count). The SMILES string of the molecule is CCC(C)SCC(N)Cc1ccc(Cl)cc1Cl. The molecule has 0 aliphatic heterocycles. The van der Waals surface area contributed by atoms with Crippen molar-refractivity contribution in [2.75, 3.05) is 5.75 Å². The molecule has 0 radical (unpaired) electrons. The standard InChI is InChI=1S/C13H19Cl2NS/c1-3-9(2)17-8-12(16)6-10-4-5-11(14)7-13(10)15/h4-5,7,9,12H,3,6,8,16H2,1-2H3. The quantitative estimate of drug-likeness (QED) is 0.841. The highest BCUT2D eigenvalue weighted by atomic mass is 35.5. The fourth-order valence-corrected chi connectivity index (χ4v) is 2.85. The van der Waals surface area contributed by atoms with Gasteiger partial charge in [0.2, 0.25) is 0 Å². The van der Waals surface area contributed by atoms with Gasteiger partial charge >= 0.3 is 0 Å². The Labute approximate surface area is 118 Å². The second-order valence-electron chi connectivity index (χ2n) is 4.25. The maximum Gasteiger partial charge on any atom is 0.0453 e. The van der Waals surface area contributed by atoms with Crippen LogP contribution < -0.4 is 5.73 Å². The minimum absolute atomic E-state index is 0.146. The summed E-state index contributed by atoms with van der Waals surface area (Å²) in [6.45, 7) is 4.42. The third-order valence-electron chi connectivity index (χ3n) is 2.67. The first kappa shape index (κ1) is 15.2. The van der Waals surface area contributed by atoms with E-state index >= 15 is 0 Å². The third-order valence-corrected chi connectivity index (χ3v) is 4.78. The molecule has 1 nitrogen and oxygen atoms in total. The van der Waals surface area contributed by atoms with E-state index in [2.05, 4.69) is 13.8 Å². The van der Waals surface area contributed by atoms with Gasteiger partial charge in [-0.05, 0) is 30.5 Å². The monoisotopic (exact) mass is 291 g/mol. The summed E-state index contributed by atoms with van der Waals surface area (Å²) in [4.78, 5) is 0. The molecule has 0 saturated carbocycles. The van der Waals surface area contributed by atoms with Gasteiger partial charge in [0.15, 0.2) is 0 Å². The Bertz CT molecular complexity index is 357.